The normalized spacial score (nSPS) is 18.9. The van der Waals surface area contributed by atoms with Crippen LogP contribution in [0.5, 0.6) is 0 Å². The van der Waals surface area contributed by atoms with Gasteiger partial charge in [-0.25, -0.2) is 18.2 Å². The molecule has 2 fully saturated rings. The molecule has 1 aliphatic heterocycles. The van der Waals surface area contributed by atoms with Gasteiger partial charge in [0, 0.05) is 19.1 Å². The molecule has 3 rings (SSSR count). The second-order valence-electron chi connectivity index (χ2n) is 12.4. The van der Waals surface area contributed by atoms with Gasteiger partial charge in [-0.15, -0.1) is 0 Å². The van der Waals surface area contributed by atoms with Crippen LogP contribution in [0.2, 0.25) is 0 Å². The van der Waals surface area contributed by atoms with Gasteiger partial charge in [0.15, 0.2) is 0 Å². The van der Waals surface area contributed by atoms with Crippen LogP contribution >= 0.6 is 0 Å². The average Bonchev–Trinajstić information content (AvgIpc) is 3.43. The first kappa shape index (κ1) is 33.8. The summed E-state index contributed by atoms with van der Waals surface area (Å²) in [5, 5.41) is 13.1. The molecule has 3 amide bonds. The molecule has 0 aromatic heterocycles. The molecule has 1 heterocycles. The van der Waals surface area contributed by atoms with Crippen LogP contribution in [0.4, 0.5) is 13.2 Å². The van der Waals surface area contributed by atoms with E-state index in [9.17, 15) is 41.2 Å². The van der Waals surface area contributed by atoms with Crippen molar-refractivity contribution in [2.75, 3.05) is 19.6 Å². The molecule has 1 aromatic rings. The summed E-state index contributed by atoms with van der Waals surface area (Å²) in [6.07, 6.45) is 0.781. The van der Waals surface area contributed by atoms with Gasteiger partial charge in [0.25, 0.3) is 0 Å². The number of benzene rings is 1. The number of alkyl halides is 3. The molecule has 2 atom stereocenters. The zero-order valence-corrected chi connectivity index (χ0v) is 25.0. The number of nitrogens with zero attached hydrogens (tertiary/aromatic N) is 2. The van der Waals surface area contributed by atoms with E-state index in [-0.39, 0.29) is 49.7 Å². The molecule has 14 heteroatoms. The van der Waals surface area contributed by atoms with Gasteiger partial charge < -0.3 is 10.2 Å². The van der Waals surface area contributed by atoms with E-state index >= 15 is 0 Å². The number of hydrogen-bond acceptors (Lipinski definition) is 6. The second kappa shape index (κ2) is 13.7. The summed E-state index contributed by atoms with van der Waals surface area (Å²) in [6.45, 7) is 5.69. The van der Waals surface area contributed by atoms with Crippen molar-refractivity contribution in [3.05, 3.63) is 29.8 Å². The number of hydroxylamine groups is 2. The Morgan fingerprint density at radius 2 is 1.64 bits per heavy atom. The van der Waals surface area contributed by atoms with E-state index < -0.39 is 51.1 Å². The summed E-state index contributed by atoms with van der Waals surface area (Å²) >= 11 is 0. The Morgan fingerprint density at radius 3 is 2.14 bits per heavy atom. The Morgan fingerprint density at radius 1 is 1.07 bits per heavy atom. The highest BCUT2D eigenvalue weighted by molar-refractivity contribution is 7.89. The van der Waals surface area contributed by atoms with Crippen LogP contribution in [-0.2, 0) is 30.6 Å². The number of halogens is 3. The molecular weight excluding hydrogens is 577 g/mol. The van der Waals surface area contributed by atoms with Crippen molar-refractivity contribution in [1.29, 1.82) is 0 Å². The molecule has 0 unspecified atom stereocenters. The summed E-state index contributed by atoms with van der Waals surface area (Å²) in [5.41, 5.74) is -1.62. The number of nitrogens with one attached hydrogen (secondary N) is 2. The maximum absolute atomic E-state index is 13.6. The molecule has 1 saturated carbocycles. The highest BCUT2D eigenvalue weighted by Crippen LogP contribution is 2.32. The standard InChI is InChI=1S/C28H41F3N4O6S/c1-27(2,3)24(32-25(37)20(17-35(39)18-36)16-19-6-4-5-7-19)26(38)34-14-12-22(13-15-34)33-42(40,41)23-10-8-21(9-11-23)28(29,30)31/h8-11,18-20,22,24,33,39H,4-7,12-17H2,1-3H3,(H,32,37)/t20-,24-/m0/s1. The van der Waals surface area contributed by atoms with E-state index in [1.165, 1.54) is 0 Å². The van der Waals surface area contributed by atoms with Crippen molar-refractivity contribution in [3.8, 4) is 0 Å². The van der Waals surface area contributed by atoms with Crippen LogP contribution in [0.25, 0.3) is 0 Å². The number of sulfonamides is 1. The first-order chi connectivity index (χ1) is 19.5. The van der Waals surface area contributed by atoms with Crippen molar-refractivity contribution in [3.63, 3.8) is 0 Å². The third-order valence-electron chi connectivity index (χ3n) is 8.01. The van der Waals surface area contributed by atoms with Crippen molar-refractivity contribution >= 4 is 28.2 Å². The molecule has 1 aliphatic carbocycles. The fourth-order valence-corrected chi connectivity index (χ4v) is 6.91. The Labute approximate surface area is 245 Å². The summed E-state index contributed by atoms with van der Waals surface area (Å²) in [7, 11) is -4.07. The van der Waals surface area contributed by atoms with Crippen LogP contribution < -0.4 is 10.0 Å². The van der Waals surface area contributed by atoms with Crippen molar-refractivity contribution in [1.82, 2.24) is 20.0 Å². The quantitative estimate of drug-likeness (QED) is 0.197. The van der Waals surface area contributed by atoms with E-state index in [0.717, 1.165) is 37.8 Å². The van der Waals surface area contributed by atoms with E-state index in [1.54, 1.807) is 4.90 Å². The third kappa shape index (κ3) is 9.14. The predicted octanol–water partition coefficient (Wildman–Crippen LogP) is 3.55. The first-order valence-corrected chi connectivity index (χ1v) is 15.7. The van der Waals surface area contributed by atoms with Crippen LogP contribution in [0.1, 0.15) is 71.3 Å². The summed E-state index contributed by atoms with van der Waals surface area (Å²) in [4.78, 5) is 39.3. The topological polar surface area (TPSA) is 136 Å². The summed E-state index contributed by atoms with van der Waals surface area (Å²) < 4.78 is 66.5. The fourth-order valence-electron chi connectivity index (χ4n) is 5.60. The first-order valence-electron chi connectivity index (χ1n) is 14.2. The molecule has 2 aliphatic rings. The predicted molar refractivity (Wildman–Crippen MR) is 147 cm³/mol. The number of piperidine rings is 1. The van der Waals surface area contributed by atoms with E-state index in [0.29, 0.717) is 29.5 Å². The number of likely N-dealkylation sites (tertiary alicyclic amines) is 1. The summed E-state index contributed by atoms with van der Waals surface area (Å²) in [5.74, 6) is -1.13. The second-order valence-corrected chi connectivity index (χ2v) is 14.1. The van der Waals surface area contributed by atoms with Gasteiger partial charge in [0.1, 0.15) is 6.04 Å². The van der Waals surface area contributed by atoms with Gasteiger partial charge in [-0.2, -0.15) is 13.2 Å². The van der Waals surface area contributed by atoms with E-state index in [4.69, 9.17) is 0 Å². The molecule has 3 N–H and O–H groups in total. The van der Waals surface area contributed by atoms with Gasteiger partial charge in [-0.1, -0.05) is 46.5 Å². The molecule has 0 radical (unpaired) electrons. The summed E-state index contributed by atoms with van der Waals surface area (Å²) in [6, 6.07) is 1.81. The van der Waals surface area contributed by atoms with Crippen LogP contribution in [-0.4, -0.2) is 73.5 Å². The van der Waals surface area contributed by atoms with Gasteiger partial charge in [-0.3, -0.25) is 19.6 Å². The van der Waals surface area contributed by atoms with Gasteiger partial charge in [0.05, 0.1) is 22.9 Å². The van der Waals surface area contributed by atoms with Gasteiger partial charge in [0.2, 0.25) is 28.2 Å². The molecule has 10 nitrogen and oxygen atoms in total. The maximum atomic E-state index is 13.6. The third-order valence-corrected chi connectivity index (χ3v) is 9.55. The molecule has 1 saturated heterocycles. The number of hydrogen-bond donors (Lipinski definition) is 3. The van der Waals surface area contributed by atoms with Crippen molar-refractivity contribution < 1.29 is 41.2 Å². The number of rotatable bonds is 11. The van der Waals surface area contributed by atoms with Gasteiger partial charge >= 0.3 is 6.18 Å². The van der Waals surface area contributed by atoms with Crippen LogP contribution in [0, 0.1) is 17.3 Å². The van der Waals surface area contributed by atoms with Crippen LogP contribution in [0.15, 0.2) is 29.2 Å². The minimum absolute atomic E-state index is 0.179. The molecule has 236 valence electrons. The lowest BCUT2D eigenvalue weighted by atomic mass is 9.84. The molecular formula is C28H41F3N4O6S. The zero-order valence-electron chi connectivity index (χ0n) is 24.2. The number of carbonyl (C=O) groups excluding carboxylic acids is 3. The Hall–Kier alpha value is -2.71. The minimum atomic E-state index is -4.58. The lowest BCUT2D eigenvalue weighted by molar-refractivity contribution is -0.156. The number of carbonyl (C=O) groups is 3. The minimum Gasteiger partial charge on any atom is -0.344 e. The molecule has 42 heavy (non-hydrogen) atoms. The van der Waals surface area contributed by atoms with E-state index in [2.05, 4.69) is 10.0 Å². The molecule has 0 bridgehead atoms. The van der Waals surface area contributed by atoms with Crippen molar-refractivity contribution in [2.45, 2.75) is 88.9 Å². The zero-order chi connectivity index (χ0) is 31.3. The fraction of sp³-hybridized carbons (Fsp3) is 0.679. The highest BCUT2D eigenvalue weighted by Gasteiger charge is 2.39. The smallest absolute Gasteiger partial charge is 0.344 e. The maximum Gasteiger partial charge on any atom is 0.416 e. The lowest BCUT2D eigenvalue weighted by Crippen LogP contribution is -2.58. The Kier molecular flexibility index (Phi) is 11.0. The average molecular weight is 619 g/mol. The highest BCUT2D eigenvalue weighted by atomic mass is 32.2. The lowest BCUT2D eigenvalue weighted by Gasteiger charge is -2.39. The van der Waals surface area contributed by atoms with E-state index in [1.807, 2.05) is 20.8 Å². The number of amides is 3. The van der Waals surface area contributed by atoms with Crippen molar-refractivity contribution in [2.24, 2.45) is 17.3 Å². The molecule has 1 aromatic carbocycles. The largest absolute Gasteiger partial charge is 0.416 e. The molecule has 0 spiro atoms. The SMILES string of the molecule is CC(C)(C)[C@@H](NC(=O)[C@@H](CC1CCCC1)CN(O)C=O)C(=O)N1CCC(NS(=O)(=O)c2ccc(C(F)(F)F)cc2)CC1. The van der Waals surface area contributed by atoms with Crippen LogP contribution in [0.3, 0.4) is 0 Å². The Balaban J connectivity index is 1.63. The Bertz CT molecular complexity index is 1190. The van der Waals surface area contributed by atoms with Gasteiger partial charge in [-0.05, 0) is 54.9 Å². The monoisotopic (exact) mass is 618 g/mol.